The molecule has 0 spiro atoms. The zero-order valence-corrected chi connectivity index (χ0v) is 16.8. The van der Waals surface area contributed by atoms with E-state index in [1.165, 1.54) is 6.07 Å². The van der Waals surface area contributed by atoms with Crippen LogP contribution in [0.1, 0.15) is 56.9 Å². The lowest BCUT2D eigenvalue weighted by atomic mass is 9.93. The number of fused-ring (bicyclic) bond motifs is 1. The third kappa shape index (κ3) is 4.27. The Labute approximate surface area is 169 Å². The zero-order chi connectivity index (χ0) is 19.5. The Morgan fingerprint density at radius 1 is 1.14 bits per heavy atom. The van der Waals surface area contributed by atoms with Gasteiger partial charge < -0.3 is 10.2 Å². The number of benzene rings is 1. The number of rotatable bonds is 4. The van der Waals surface area contributed by atoms with Gasteiger partial charge in [-0.25, -0.2) is 4.39 Å². The molecule has 6 heteroatoms. The molecule has 1 heterocycles. The summed E-state index contributed by atoms with van der Waals surface area (Å²) in [6.45, 7) is 0.103. The summed E-state index contributed by atoms with van der Waals surface area (Å²) >= 11 is 1.56. The smallest absolute Gasteiger partial charge is 0.261 e. The van der Waals surface area contributed by atoms with E-state index in [1.807, 2.05) is 0 Å². The maximum absolute atomic E-state index is 14.1. The van der Waals surface area contributed by atoms with E-state index >= 15 is 0 Å². The maximum Gasteiger partial charge on any atom is 0.261 e. The van der Waals surface area contributed by atoms with Crippen LogP contribution in [0.4, 0.5) is 4.39 Å². The predicted molar refractivity (Wildman–Crippen MR) is 110 cm³/mol. The fourth-order valence-electron chi connectivity index (χ4n) is 4.59. The van der Waals surface area contributed by atoms with E-state index in [1.54, 1.807) is 40.9 Å². The first-order valence-corrected chi connectivity index (χ1v) is 11.2. The van der Waals surface area contributed by atoms with Gasteiger partial charge in [0.1, 0.15) is 12.4 Å². The number of halogens is 1. The van der Waals surface area contributed by atoms with Gasteiger partial charge >= 0.3 is 0 Å². The fourth-order valence-corrected chi connectivity index (χ4v) is 6.06. The van der Waals surface area contributed by atoms with Gasteiger partial charge in [0, 0.05) is 22.9 Å². The molecular formula is C22H27FN2O2S. The van der Waals surface area contributed by atoms with E-state index in [-0.39, 0.29) is 41.5 Å². The summed E-state index contributed by atoms with van der Waals surface area (Å²) in [6.07, 6.45) is 10.2. The minimum absolute atomic E-state index is 0.0679. The molecule has 3 aliphatic rings. The summed E-state index contributed by atoms with van der Waals surface area (Å²) in [7, 11) is 0. The van der Waals surface area contributed by atoms with Gasteiger partial charge in [-0.3, -0.25) is 9.59 Å². The van der Waals surface area contributed by atoms with Crippen LogP contribution in [-0.4, -0.2) is 40.6 Å². The van der Waals surface area contributed by atoms with Gasteiger partial charge in [0.2, 0.25) is 5.91 Å². The monoisotopic (exact) mass is 402 g/mol. The number of carbonyl (C=O) groups excluding carboxylic acids is 2. The molecule has 0 radical (unpaired) electrons. The molecule has 2 saturated carbocycles. The highest BCUT2D eigenvalue weighted by molar-refractivity contribution is 8.04. The third-order valence-electron chi connectivity index (χ3n) is 6.04. The molecule has 2 aliphatic carbocycles. The van der Waals surface area contributed by atoms with Crippen molar-refractivity contribution in [3.8, 4) is 0 Å². The first kappa shape index (κ1) is 19.5. The van der Waals surface area contributed by atoms with Crippen LogP contribution in [0, 0.1) is 5.82 Å². The normalized spacial score (nSPS) is 27.1. The number of nitrogens with zero attached hydrogens (tertiary/aromatic N) is 1. The number of carbonyl (C=O) groups is 2. The predicted octanol–water partition coefficient (Wildman–Crippen LogP) is 4.11. The van der Waals surface area contributed by atoms with Gasteiger partial charge in [0.05, 0.1) is 4.91 Å². The Morgan fingerprint density at radius 2 is 1.86 bits per heavy atom. The van der Waals surface area contributed by atoms with Crippen molar-refractivity contribution in [2.24, 2.45) is 0 Å². The van der Waals surface area contributed by atoms with E-state index in [4.69, 9.17) is 0 Å². The number of nitrogens with one attached hydrogen (secondary N) is 1. The molecule has 2 unspecified atom stereocenters. The second-order valence-electron chi connectivity index (χ2n) is 8.02. The molecule has 1 aromatic carbocycles. The van der Waals surface area contributed by atoms with Crippen molar-refractivity contribution >= 4 is 29.7 Å². The average Bonchev–Trinajstić information content (AvgIpc) is 3.19. The molecule has 0 aromatic heterocycles. The van der Waals surface area contributed by atoms with E-state index in [9.17, 15) is 14.0 Å². The van der Waals surface area contributed by atoms with Gasteiger partial charge in [0.25, 0.3) is 5.91 Å². The molecule has 4 rings (SSSR count). The van der Waals surface area contributed by atoms with Crippen molar-refractivity contribution in [1.29, 1.82) is 0 Å². The van der Waals surface area contributed by atoms with Crippen molar-refractivity contribution in [3.63, 3.8) is 0 Å². The van der Waals surface area contributed by atoms with Crippen LogP contribution in [0.15, 0.2) is 29.2 Å². The van der Waals surface area contributed by atoms with Crippen molar-refractivity contribution in [1.82, 2.24) is 10.2 Å². The minimum atomic E-state index is -0.334. The fraction of sp³-hybridized carbons (Fsp3) is 0.545. The van der Waals surface area contributed by atoms with Gasteiger partial charge in [-0.2, -0.15) is 0 Å². The van der Waals surface area contributed by atoms with E-state index in [0.29, 0.717) is 10.5 Å². The first-order valence-electron chi connectivity index (χ1n) is 10.3. The Balaban J connectivity index is 1.54. The third-order valence-corrected chi connectivity index (χ3v) is 7.44. The molecule has 4 nitrogen and oxygen atoms in total. The quantitative estimate of drug-likeness (QED) is 0.771. The molecule has 0 bridgehead atoms. The van der Waals surface area contributed by atoms with Crippen LogP contribution < -0.4 is 5.32 Å². The number of hydrogen-bond acceptors (Lipinski definition) is 3. The summed E-state index contributed by atoms with van der Waals surface area (Å²) in [4.78, 5) is 28.1. The average molecular weight is 403 g/mol. The van der Waals surface area contributed by atoms with E-state index < -0.39 is 0 Å². The maximum atomic E-state index is 14.1. The first-order chi connectivity index (χ1) is 13.6. The SMILES string of the molecule is O=C(CN1C(=O)/C(=C/c2ccccc2F)SC2CCCCC21)NC1CCCC1. The second-order valence-corrected chi connectivity index (χ2v) is 9.30. The summed E-state index contributed by atoms with van der Waals surface area (Å²) < 4.78 is 14.1. The molecule has 28 heavy (non-hydrogen) atoms. The second kappa shape index (κ2) is 8.68. The highest BCUT2D eigenvalue weighted by atomic mass is 32.2. The molecule has 1 saturated heterocycles. The van der Waals surface area contributed by atoms with E-state index in [2.05, 4.69) is 5.32 Å². The Bertz CT molecular complexity index is 776. The minimum Gasteiger partial charge on any atom is -0.352 e. The Kier molecular flexibility index (Phi) is 6.04. The van der Waals surface area contributed by atoms with Crippen molar-refractivity contribution in [2.45, 2.75) is 68.7 Å². The van der Waals surface area contributed by atoms with Gasteiger partial charge in [-0.1, -0.05) is 43.9 Å². The zero-order valence-electron chi connectivity index (χ0n) is 16.0. The Hall–Kier alpha value is -1.82. The van der Waals surface area contributed by atoms with Crippen LogP contribution >= 0.6 is 11.8 Å². The molecule has 150 valence electrons. The van der Waals surface area contributed by atoms with Crippen molar-refractivity contribution in [2.75, 3.05) is 6.54 Å². The van der Waals surface area contributed by atoms with Crippen molar-refractivity contribution in [3.05, 3.63) is 40.6 Å². The molecular weight excluding hydrogens is 375 g/mol. The molecule has 1 aliphatic heterocycles. The topological polar surface area (TPSA) is 49.4 Å². The lowest BCUT2D eigenvalue weighted by Gasteiger charge is -2.44. The highest BCUT2D eigenvalue weighted by Crippen LogP contribution is 2.42. The molecule has 2 atom stereocenters. The van der Waals surface area contributed by atoms with Crippen LogP contribution in [0.2, 0.25) is 0 Å². The van der Waals surface area contributed by atoms with Crippen LogP contribution in [0.5, 0.6) is 0 Å². The number of thioether (sulfide) groups is 1. The molecule has 1 N–H and O–H groups in total. The molecule has 3 fully saturated rings. The summed E-state index contributed by atoms with van der Waals surface area (Å²) in [5.74, 6) is -0.542. The highest BCUT2D eigenvalue weighted by Gasteiger charge is 2.41. The lowest BCUT2D eigenvalue weighted by Crippen LogP contribution is -2.55. The van der Waals surface area contributed by atoms with Gasteiger partial charge in [0.15, 0.2) is 0 Å². The molecule has 1 aromatic rings. The van der Waals surface area contributed by atoms with Crippen LogP contribution in [0.3, 0.4) is 0 Å². The molecule has 2 amide bonds. The summed E-state index contributed by atoms with van der Waals surface area (Å²) in [5.41, 5.74) is 0.419. The lowest BCUT2D eigenvalue weighted by molar-refractivity contribution is -0.135. The van der Waals surface area contributed by atoms with E-state index in [0.717, 1.165) is 51.4 Å². The number of amides is 2. The van der Waals surface area contributed by atoms with Gasteiger partial charge in [-0.15, -0.1) is 11.8 Å². The van der Waals surface area contributed by atoms with Crippen molar-refractivity contribution < 1.29 is 14.0 Å². The number of hydrogen-bond donors (Lipinski definition) is 1. The largest absolute Gasteiger partial charge is 0.352 e. The van der Waals surface area contributed by atoms with Crippen LogP contribution in [-0.2, 0) is 9.59 Å². The van der Waals surface area contributed by atoms with Crippen LogP contribution in [0.25, 0.3) is 6.08 Å². The summed E-state index contributed by atoms with van der Waals surface area (Å²) in [6, 6.07) is 6.84. The van der Waals surface area contributed by atoms with Gasteiger partial charge in [-0.05, 0) is 37.8 Å². The summed E-state index contributed by atoms with van der Waals surface area (Å²) in [5, 5.41) is 3.38. The Morgan fingerprint density at radius 3 is 2.64 bits per heavy atom. The standard InChI is InChI=1S/C22H27FN2O2S/c23-17-10-4-1-7-15(17)13-20-22(27)25(18-11-5-6-12-19(18)28-20)14-21(26)24-16-8-2-3-9-16/h1,4,7,10,13,16,18-19H,2-3,5-6,8-9,11-12,14H2,(H,24,26)/b20-13-.